The number of nitrogens with one attached hydrogen (secondary N) is 1. The quantitative estimate of drug-likeness (QED) is 0.906. The zero-order valence-corrected chi connectivity index (χ0v) is 14.2. The summed E-state index contributed by atoms with van der Waals surface area (Å²) < 4.78 is 1.10. The lowest BCUT2D eigenvalue weighted by Crippen LogP contribution is -2.35. The van der Waals surface area contributed by atoms with E-state index in [1.807, 2.05) is 11.0 Å². The van der Waals surface area contributed by atoms with Gasteiger partial charge in [0.2, 0.25) is 5.91 Å². The third-order valence-electron chi connectivity index (χ3n) is 4.92. The summed E-state index contributed by atoms with van der Waals surface area (Å²) in [5.74, 6) is 1.48. The second-order valence-corrected chi connectivity index (χ2v) is 7.25. The number of benzene rings is 1. The normalized spacial score (nSPS) is 20.4. The van der Waals surface area contributed by atoms with Gasteiger partial charge in [-0.1, -0.05) is 22.9 Å². The minimum Gasteiger partial charge on any atom is -0.317 e. The Morgan fingerprint density at radius 2 is 2.19 bits per heavy atom. The zero-order valence-electron chi connectivity index (χ0n) is 12.6. The molecule has 1 aromatic rings. The van der Waals surface area contributed by atoms with Gasteiger partial charge in [-0.15, -0.1) is 0 Å². The van der Waals surface area contributed by atoms with Gasteiger partial charge in [0.25, 0.3) is 0 Å². The molecule has 2 aliphatic heterocycles. The van der Waals surface area contributed by atoms with Gasteiger partial charge < -0.3 is 10.2 Å². The van der Waals surface area contributed by atoms with Gasteiger partial charge >= 0.3 is 0 Å². The van der Waals surface area contributed by atoms with Crippen LogP contribution in [0.1, 0.15) is 31.7 Å². The summed E-state index contributed by atoms with van der Waals surface area (Å²) >= 11 is 3.50. The van der Waals surface area contributed by atoms with Crippen molar-refractivity contribution >= 4 is 27.5 Å². The average Bonchev–Trinajstić information content (AvgIpc) is 2.91. The van der Waals surface area contributed by atoms with Crippen LogP contribution in [0.3, 0.4) is 0 Å². The van der Waals surface area contributed by atoms with Crippen LogP contribution in [0.2, 0.25) is 0 Å². The molecule has 1 saturated heterocycles. The summed E-state index contributed by atoms with van der Waals surface area (Å²) in [4.78, 5) is 14.6. The highest BCUT2D eigenvalue weighted by atomic mass is 79.9. The van der Waals surface area contributed by atoms with Gasteiger partial charge in [-0.25, -0.2) is 0 Å². The largest absolute Gasteiger partial charge is 0.317 e. The molecular weight excluding hydrogens is 328 g/mol. The van der Waals surface area contributed by atoms with Crippen LogP contribution in [0.25, 0.3) is 0 Å². The molecule has 0 radical (unpaired) electrons. The first-order valence-corrected chi connectivity index (χ1v) is 8.74. The Kier molecular flexibility index (Phi) is 4.65. The van der Waals surface area contributed by atoms with Gasteiger partial charge in [-0.2, -0.15) is 0 Å². The summed E-state index contributed by atoms with van der Waals surface area (Å²) in [6.45, 7) is 5.28. The van der Waals surface area contributed by atoms with E-state index in [2.05, 4.69) is 40.3 Å². The Labute approximate surface area is 135 Å². The molecule has 21 heavy (non-hydrogen) atoms. The third kappa shape index (κ3) is 3.32. The highest BCUT2D eigenvalue weighted by Gasteiger charge is 2.28. The Morgan fingerprint density at radius 1 is 1.43 bits per heavy atom. The van der Waals surface area contributed by atoms with E-state index in [9.17, 15) is 4.79 Å². The first-order chi connectivity index (χ1) is 10.1. The summed E-state index contributed by atoms with van der Waals surface area (Å²) in [6.07, 6.45) is 4.07. The molecule has 1 N–H and O–H groups in total. The average molecular weight is 351 g/mol. The van der Waals surface area contributed by atoms with E-state index in [0.29, 0.717) is 24.2 Å². The van der Waals surface area contributed by atoms with E-state index in [4.69, 9.17) is 0 Å². The SMILES string of the molecule is CC(CC(=O)N1CCc2cc(Br)ccc21)C1CCNCC1. The Hall–Kier alpha value is -0.870. The predicted molar refractivity (Wildman–Crippen MR) is 89.6 cm³/mol. The monoisotopic (exact) mass is 350 g/mol. The Bertz CT molecular complexity index is 526. The fourth-order valence-electron chi connectivity index (χ4n) is 3.59. The minimum absolute atomic E-state index is 0.294. The van der Waals surface area contributed by atoms with Gasteiger partial charge in [0.05, 0.1) is 0 Å². The van der Waals surface area contributed by atoms with Crippen LogP contribution >= 0.6 is 15.9 Å². The highest BCUT2D eigenvalue weighted by molar-refractivity contribution is 9.10. The van der Waals surface area contributed by atoms with E-state index >= 15 is 0 Å². The number of piperidine rings is 1. The van der Waals surface area contributed by atoms with Gasteiger partial charge in [0, 0.05) is 23.1 Å². The molecule has 3 nitrogen and oxygen atoms in total. The van der Waals surface area contributed by atoms with Crippen molar-refractivity contribution < 1.29 is 4.79 Å². The highest BCUT2D eigenvalue weighted by Crippen LogP contribution is 2.32. The number of hydrogen-bond acceptors (Lipinski definition) is 2. The fraction of sp³-hybridized carbons (Fsp3) is 0.588. The Balaban J connectivity index is 1.64. The minimum atomic E-state index is 0.294. The first-order valence-electron chi connectivity index (χ1n) is 7.94. The third-order valence-corrected chi connectivity index (χ3v) is 5.42. The number of carbonyl (C=O) groups is 1. The number of nitrogens with zero attached hydrogens (tertiary/aromatic N) is 1. The molecule has 0 bridgehead atoms. The van der Waals surface area contributed by atoms with Crippen LogP contribution in [0.15, 0.2) is 22.7 Å². The van der Waals surface area contributed by atoms with Crippen molar-refractivity contribution in [1.29, 1.82) is 0 Å². The summed E-state index contributed by atoms with van der Waals surface area (Å²) in [6, 6.07) is 6.24. The summed E-state index contributed by atoms with van der Waals surface area (Å²) in [5.41, 5.74) is 2.40. The van der Waals surface area contributed by atoms with Crippen LogP contribution in [0, 0.1) is 11.8 Å². The maximum Gasteiger partial charge on any atom is 0.227 e. The van der Waals surface area contributed by atoms with Gasteiger partial charge in [0.1, 0.15) is 0 Å². The molecule has 3 rings (SSSR count). The lowest BCUT2D eigenvalue weighted by Gasteiger charge is -2.29. The number of rotatable bonds is 3. The number of fused-ring (bicyclic) bond motifs is 1. The number of anilines is 1. The lowest BCUT2D eigenvalue weighted by atomic mass is 9.84. The van der Waals surface area contributed by atoms with Crippen LogP contribution in [-0.4, -0.2) is 25.5 Å². The first kappa shape index (κ1) is 15.0. The fourth-order valence-corrected chi connectivity index (χ4v) is 4.00. The predicted octanol–water partition coefficient (Wildman–Crippen LogP) is 3.36. The number of carbonyl (C=O) groups excluding carboxylic acids is 1. The van der Waals surface area contributed by atoms with Crippen molar-refractivity contribution in [1.82, 2.24) is 5.32 Å². The topological polar surface area (TPSA) is 32.3 Å². The van der Waals surface area contributed by atoms with Crippen LogP contribution in [0.5, 0.6) is 0 Å². The van der Waals surface area contributed by atoms with Crippen LogP contribution in [0.4, 0.5) is 5.69 Å². The molecule has 0 aromatic heterocycles. The van der Waals surface area contributed by atoms with Gasteiger partial charge in [-0.3, -0.25) is 4.79 Å². The van der Waals surface area contributed by atoms with E-state index in [1.54, 1.807) is 0 Å². The van der Waals surface area contributed by atoms with E-state index in [0.717, 1.165) is 36.2 Å². The Morgan fingerprint density at radius 3 is 2.95 bits per heavy atom. The summed E-state index contributed by atoms with van der Waals surface area (Å²) in [5, 5.41) is 3.40. The van der Waals surface area contributed by atoms with Crippen molar-refractivity contribution in [3.8, 4) is 0 Å². The molecule has 1 atom stereocenters. The van der Waals surface area contributed by atoms with Crippen molar-refractivity contribution in [3.05, 3.63) is 28.2 Å². The van der Waals surface area contributed by atoms with Crippen molar-refractivity contribution in [2.24, 2.45) is 11.8 Å². The molecule has 4 heteroatoms. The molecule has 2 aliphatic rings. The number of amides is 1. The maximum absolute atomic E-state index is 12.6. The maximum atomic E-state index is 12.6. The zero-order chi connectivity index (χ0) is 14.8. The molecule has 0 saturated carbocycles. The molecular formula is C17H23BrN2O. The van der Waals surface area contributed by atoms with Crippen LogP contribution < -0.4 is 10.2 Å². The number of halogens is 1. The van der Waals surface area contributed by atoms with Gasteiger partial charge in [0.15, 0.2) is 0 Å². The standard InChI is InChI=1S/C17H23BrN2O/c1-12(13-4-7-19-8-5-13)10-17(21)20-9-6-14-11-15(18)2-3-16(14)20/h2-3,11-13,19H,4-10H2,1H3. The van der Waals surface area contributed by atoms with Crippen LogP contribution in [-0.2, 0) is 11.2 Å². The van der Waals surface area contributed by atoms with E-state index in [1.165, 1.54) is 18.4 Å². The lowest BCUT2D eigenvalue weighted by molar-refractivity contribution is -0.119. The molecule has 1 aromatic carbocycles. The molecule has 0 spiro atoms. The number of hydrogen-bond donors (Lipinski definition) is 1. The van der Waals surface area contributed by atoms with Crippen molar-refractivity contribution in [2.45, 2.75) is 32.6 Å². The smallest absolute Gasteiger partial charge is 0.227 e. The molecule has 1 unspecified atom stereocenters. The van der Waals surface area contributed by atoms with Crippen molar-refractivity contribution in [2.75, 3.05) is 24.5 Å². The molecule has 1 fully saturated rings. The molecule has 114 valence electrons. The molecule has 1 amide bonds. The summed E-state index contributed by atoms with van der Waals surface area (Å²) in [7, 11) is 0. The van der Waals surface area contributed by atoms with Gasteiger partial charge in [-0.05, 0) is 68.0 Å². The van der Waals surface area contributed by atoms with E-state index < -0.39 is 0 Å². The van der Waals surface area contributed by atoms with E-state index in [-0.39, 0.29) is 0 Å². The molecule has 0 aliphatic carbocycles. The second-order valence-electron chi connectivity index (χ2n) is 6.34. The molecule has 2 heterocycles. The van der Waals surface area contributed by atoms with Crippen molar-refractivity contribution in [3.63, 3.8) is 0 Å². The second kappa shape index (κ2) is 6.49.